The summed E-state index contributed by atoms with van der Waals surface area (Å²) in [6.07, 6.45) is -3.76. The fourth-order valence-electron chi connectivity index (χ4n) is 2.05. The van der Waals surface area contributed by atoms with Crippen molar-refractivity contribution in [1.82, 2.24) is 9.55 Å². The summed E-state index contributed by atoms with van der Waals surface area (Å²) in [6.45, 7) is 6.39. The number of carbonyl (C=O) groups is 1. The quantitative estimate of drug-likeness (QED) is 0.734. The Morgan fingerprint density at radius 2 is 2.18 bits per heavy atom. The molecular weight excluding hydrogens is 292 g/mol. The van der Waals surface area contributed by atoms with E-state index in [0.717, 1.165) is 4.57 Å². The molecule has 1 aromatic heterocycles. The number of nitrogens with zero attached hydrogens (tertiary/aromatic N) is 1. The minimum atomic E-state index is -2.33. The maximum Gasteiger partial charge on any atom is 0.338 e. The normalized spacial score (nSPS) is 29.2. The summed E-state index contributed by atoms with van der Waals surface area (Å²) in [5.74, 6) is -1.03. The van der Waals surface area contributed by atoms with Gasteiger partial charge in [0.1, 0.15) is 11.8 Å². The predicted octanol–water partition coefficient (Wildman–Crippen LogP) is -0.165. The fourth-order valence-corrected chi connectivity index (χ4v) is 2.05. The highest BCUT2D eigenvalue weighted by atomic mass is 16.6. The summed E-state index contributed by atoms with van der Waals surface area (Å²) in [5.41, 5.74) is -1.86. The molecule has 1 fully saturated rings. The van der Waals surface area contributed by atoms with Gasteiger partial charge < -0.3 is 14.6 Å². The smallest absolute Gasteiger partial charge is 0.338 e. The van der Waals surface area contributed by atoms with Crippen LogP contribution in [0.2, 0.25) is 0 Å². The van der Waals surface area contributed by atoms with E-state index in [0.29, 0.717) is 0 Å². The van der Waals surface area contributed by atoms with E-state index in [9.17, 15) is 19.5 Å². The van der Waals surface area contributed by atoms with Crippen LogP contribution in [0.3, 0.4) is 0 Å². The molecule has 0 saturated carbocycles. The lowest BCUT2D eigenvalue weighted by molar-refractivity contribution is -0.173. The van der Waals surface area contributed by atoms with E-state index in [1.165, 1.54) is 13.1 Å². The van der Waals surface area contributed by atoms with Crippen LogP contribution in [0, 0.1) is 6.92 Å². The number of ether oxygens (including phenoxy) is 2. The Hall–Kier alpha value is -1.93. The highest BCUT2D eigenvalue weighted by molar-refractivity contribution is 5.76. The van der Waals surface area contributed by atoms with Gasteiger partial charge >= 0.3 is 11.7 Å². The monoisotopic (exact) mass is 313 g/mol. The fraction of sp³-hybridized carbons (Fsp3) is 0.643. The van der Waals surface area contributed by atoms with Crippen LogP contribution < -0.4 is 11.2 Å². The van der Waals surface area contributed by atoms with E-state index in [1.54, 1.807) is 20.8 Å². The molecule has 1 saturated heterocycles. The standard InChI is InChI=1S/C14H20N2O6/c1-7-6-16(13(20)15-11(7)18)9-5-8(17)10(21-9)12(19)22-14(2,3)4/h6,8-10,17H,5H2,1-4H3,(H,15,18,20)/t8-,9+,10+/m0/s1/i10D. The first-order valence-corrected chi connectivity index (χ1v) is 6.85. The van der Waals surface area contributed by atoms with Gasteiger partial charge in [0, 0.05) is 18.2 Å². The van der Waals surface area contributed by atoms with Crippen molar-refractivity contribution in [2.45, 2.75) is 58.1 Å². The van der Waals surface area contributed by atoms with Gasteiger partial charge in [0.15, 0.2) is 6.08 Å². The second-order valence-corrected chi connectivity index (χ2v) is 6.17. The molecule has 1 aliphatic heterocycles. The van der Waals surface area contributed by atoms with Crippen molar-refractivity contribution < 1.29 is 20.7 Å². The third-order valence-corrected chi connectivity index (χ3v) is 3.05. The summed E-state index contributed by atoms with van der Waals surface area (Å²) in [7, 11) is 0. The maximum absolute atomic E-state index is 12.1. The van der Waals surface area contributed by atoms with Crippen molar-refractivity contribution in [3.05, 3.63) is 32.6 Å². The zero-order chi connectivity index (χ0) is 17.6. The molecule has 0 aromatic carbocycles. The number of aromatic amines is 1. The van der Waals surface area contributed by atoms with Gasteiger partial charge in [-0.25, -0.2) is 9.59 Å². The van der Waals surface area contributed by atoms with E-state index in [4.69, 9.17) is 10.8 Å². The van der Waals surface area contributed by atoms with Crippen LogP contribution >= 0.6 is 0 Å². The molecule has 3 atom stereocenters. The number of rotatable bonds is 2. The number of carbonyl (C=O) groups excluding carboxylic acids is 1. The summed E-state index contributed by atoms with van der Waals surface area (Å²) in [6, 6.07) is 0. The minimum absolute atomic E-state index is 0.159. The van der Waals surface area contributed by atoms with Crippen molar-refractivity contribution >= 4 is 5.97 Å². The maximum atomic E-state index is 12.1. The summed E-state index contributed by atoms with van der Waals surface area (Å²) in [4.78, 5) is 37.5. The van der Waals surface area contributed by atoms with Crippen molar-refractivity contribution in [2.24, 2.45) is 0 Å². The largest absolute Gasteiger partial charge is 0.458 e. The predicted molar refractivity (Wildman–Crippen MR) is 76.4 cm³/mol. The SMILES string of the molecule is [2H][C@@]1(C(=O)OC(C)(C)C)O[C@@H](n2cc(C)c(=O)[nH]c2=O)C[C@@H]1O. The number of aryl methyl sites for hydroxylation is 1. The first kappa shape index (κ1) is 15.0. The third-order valence-electron chi connectivity index (χ3n) is 3.05. The second kappa shape index (κ2) is 5.69. The molecule has 0 bridgehead atoms. The average Bonchev–Trinajstić information content (AvgIpc) is 2.69. The van der Waals surface area contributed by atoms with Crippen LogP contribution in [0.15, 0.2) is 15.8 Å². The van der Waals surface area contributed by atoms with Gasteiger partial charge in [-0.2, -0.15) is 0 Å². The number of aliphatic hydroxyl groups excluding tert-OH is 1. The molecule has 8 heteroatoms. The van der Waals surface area contributed by atoms with E-state index in [1.807, 2.05) is 0 Å². The lowest BCUT2D eigenvalue weighted by Crippen LogP contribution is -2.37. The number of esters is 1. The summed E-state index contributed by atoms with van der Waals surface area (Å²) in [5, 5.41) is 10.1. The Kier molecular flexibility index (Phi) is 3.88. The lowest BCUT2D eigenvalue weighted by atomic mass is 10.1. The molecule has 0 spiro atoms. The van der Waals surface area contributed by atoms with Crippen molar-refractivity contribution in [3.63, 3.8) is 0 Å². The highest BCUT2D eigenvalue weighted by Crippen LogP contribution is 2.29. The number of aliphatic hydroxyl groups is 1. The Labute approximate surface area is 128 Å². The molecule has 122 valence electrons. The van der Waals surface area contributed by atoms with E-state index >= 15 is 0 Å². The van der Waals surface area contributed by atoms with Crippen LogP contribution in [0.25, 0.3) is 0 Å². The Bertz CT molecular complexity index is 734. The lowest BCUT2D eigenvalue weighted by Gasteiger charge is -2.23. The number of hydrogen-bond acceptors (Lipinski definition) is 6. The van der Waals surface area contributed by atoms with Gasteiger partial charge in [-0.1, -0.05) is 0 Å². The van der Waals surface area contributed by atoms with Crippen LogP contribution in [0.5, 0.6) is 0 Å². The molecule has 0 unspecified atom stereocenters. The van der Waals surface area contributed by atoms with Gasteiger partial charge in [0.05, 0.1) is 7.47 Å². The number of hydrogen-bond donors (Lipinski definition) is 2. The zero-order valence-electron chi connectivity index (χ0n) is 13.9. The molecule has 0 aliphatic carbocycles. The first-order chi connectivity index (χ1) is 10.4. The average molecular weight is 313 g/mol. The molecule has 0 amide bonds. The minimum Gasteiger partial charge on any atom is -0.458 e. The summed E-state index contributed by atoms with van der Waals surface area (Å²) >= 11 is 0. The molecule has 2 rings (SSSR count). The first-order valence-electron chi connectivity index (χ1n) is 7.35. The van der Waals surface area contributed by atoms with Crippen LogP contribution in [-0.4, -0.2) is 38.4 Å². The van der Waals surface area contributed by atoms with Crippen molar-refractivity contribution in [3.8, 4) is 0 Å². The molecule has 8 nitrogen and oxygen atoms in total. The van der Waals surface area contributed by atoms with Crippen molar-refractivity contribution in [1.29, 1.82) is 0 Å². The van der Waals surface area contributed by atoms with Crippen LogP contribution in [0.4, 0.5) is 0 Å². The topological polar surface area (TPSA) is 111 Å². The van der Waals surface area contributed by atoms with Crippen LogP contribution in [-0.2, 0) is 14.3 Å². The van der Waals surface area contributed by atoms with Crippen LogP contribution in [0.1, 0.15) is 40.4 Å². The van der Waals surface area contributed by atoms with Gasteiger partial charge in [0.25, 0.3) is 5.56 Å². The van der Waals surface area contributed by atoms with E-state index in [2.05, 4.69) is 4.98 Å². The van der Waals surface area contributed by atoms with Gasteiger partial charge in [-0.05, 0) is 27.7 Å². The Balaban J connectivity index is 2.31. The molecule has 1 aliphatic rings. The Morgan fingerprint density at radius 1 is 1.55 bits per heavy atom. The number of H-pyrrole nitrogens is 1. The zero-order valence-corrected chi connectivity index (χ0v) is 12.9. The Morgan fingerprint density at radius 3 is 2.77 bits per heavy atom. The molecular formula is C14H20N2O6. The summed E-state index contributed by atoms with van der Waals surface area (Å²) < 4.78 is 19.5. The van der Waals surface area contributed by atoms with Gasteiger partial charge in [0.2, 0.25) is 0 Å². The van der Waals surface area contributed by atoms with Crippen molar-refractivity contribution in [2.75, 3.05) is 0 Å². The van der Waals surface area contributed by atoms with E-state index in [-0.39, 0.29) is 12.0 Å². The van der Waals surface area contributed by atoms with Gasteiger partial charge in [-0.3, -0.25) is 14.3 Å². The third kappa shape index (κ3) is 3.45. The molecule has 2 N–H and O–H groups in total. The number of nitrogens with one attached hydrogen (secondary N) is 1. The van der Waals surface area contributed by atoms with E-state index < -0.39 is 41.2 Å². The molecule has 0 radical (unpaired) electrons. The highest BCUT2D eigenvalue weighted by Gasteiger charge is 2.42. The number of aromatic nitrogens is 2. The molecule has 2 heterocycles. The second-order valence-electron chi connectivity index (χ2n) is 6.17. The van der Waals surface area contributed by atoms with Gasteiger partial charge in [-0.15, -0.1) is 0 Å². The molecule has 22 heavy (non-hydrogen) atoms. The molecule has 1 aromatic rings.